The summed E-state index contributed by atoms with van der Waals surface area (Å²) in [6.07, 6.45) is -1.34. The van der Waals surface area contributed by atoms with Crippen LogP contribution in [0.1, 0.15) is 26.3 Å². The van der Waals surface area contributed by atoms with Crippen LogP contribution in [0.2, 0.25) is 0 Å². The molecule has 2 aromatic carbocycles. The average Bonchev–Trinajstić information content (AvgIpc) is 2.68. The fourth-order valence-corrected chi connectivity index (χ4v) is 2.30. The Bertz CT molecular complexity index is 850. The van der Waals surface area contributed by atoms with E-state index in [9.17, 15) is 14.7 Å². The Labute approximate surface area is 170 Å². The monoisotopic (exact) mass is 402 g/mol. The molecule has 0 amide bonds. The van der Waals surface area contributed by atoms with Crippen molar-refractivity contribution in [3.05, 3.63) is 48.0 Å². The molecule has 0 aromatic heterocycles. The second kappa shape index (κ2) is 9.43. The molecule has 7 nitrogen and oxygen atoms in total. The smallest absolute Gasteiger partial charge is 0.340 e. The molecule has 0 saturated carbocycles. The predicted molar refractivity (Wildman–Crippen MR) is 106 cm³/mol. The number of hydrogen-bond acceptors (Lipinski definition) is 7. The molecular formula is C22H26O7. The zero-order chi connectivity index (χ0) is 21.6. The van der Waals surface area contributed by atoms with E-state index >= 15 is 0 Å². The first-order valence-corrected chi connectivity index (χ1v) is 9.07. The zero-order valence-electron chi connectivity index (χ0n) is 17.2. The molecule has 1 N–H and O–H groups in total. The van der Waals surface area contributed by atoms with E-state index in [1.54, 1.807) is 57.2 Å². The number of benzene rings is 2. The third-order valence-corrected chi connectivity index (χ3v) is 4.03. The summed E-state index contributed by atoms with van der Waals surface area (Å²) in [6, 6.07) is 11.3. The van der Waals surface area contributed by atoms with Gasteiger partial charge in [0.25, 0.3) is 0 Å². The van der Waals surface area contributed by atoms with Crippen molar-refractivity contribution >= 4 is 11.9 Å². The van der Waals surface area contributed by atoms with Gasteiger partial charge < -0.3 is 24.1 Å². The molecule has 0 radical (unpaired) electrons. The quantitative estimate of drug-likeness (QED) is 0.562. The number of hydrogen-bond donors (Lipinski definition) is 1. The van der Waals surface area contributed by atoms with E-state index in [0.29, 0.717) is 22.8 Å². The number of ether oxygens (including phenoxy) is 4. The van der Waals surface area contributed by atoms with Crippen molar-refractivity contribution in [3.63, 3.8) is 0 Å². The Balaban J connectivity index is 2.00. The Kier molecular flexibility index (Phi) is 7.23. The first-order chi connectivity index (χ1) is 13.6. The summed E-state index contributed by atoms with van der Waals surface area (Å²) in [6.45, 7) is 5.30. The van der Waals surface area contributed by atoms with E-state index in [2.05, 4.69) is 0 Å². The average molecular weight is 402 g/mol. The molecule has 2 rings (SSSR count). The minimum Gasteiger partial charge on any atom is -0.497 e. The molecule has 0 aliphatic rings. The van der Waals surface area contributed by atoms with Gasteiger partial charge in [0.1, 0.15) is 11.5 Å². The Morgan fingerprint density at radius 2 is 1.52 bits per heavy atom. The van der Waals surface area contributed by atoms with E-state index < -0.39 is 17.5 Å². The summed E-state index contributed by atoms with van der Waals surface area (Å²) in [4.78, 5) is 24.2. The number of rotatable bonds is 7. The Hall–Kier alpha value is -3.06. The lowest BCUT2D eigenvalue weighted by atomic mass is 9.97. The Morgan fingerprint density at radius 1 is 0.897 bits per heavy atom. The molecule has 1 atom stereocenters. The molecule has 0 saturated heterocycles. The molecule has 2 aromatic rings. The van der Waals surface area contributed by atoms with Crippen LogP contribution in [0.3, 0.4) is 0 Å². The number of methoxy groups -OCH3 is 2. The van der Waals surface area contributed by atoms with Crippen molar-refractivity contribution in [1.82, 2.24) is 0 Å². The van der Waals surface area contributed by atoms with Crippen molar-refractivity contribution in [2.24, 2.45) is 5.41 Å². The molecule has 0 aliphatic carbocycles. The number of carbonyl (C=O) groups excluding carboxylic acids is 2. The van der Waals surface area contributed by atoms with Crippen LogP contribution < -0.4 is 18.9 Å². The summed E-state index contributed by atoms with van der Waals surface area (Å²) >= 11 is 0. The van der Waals surface area contributed by atoms with Gasteiger partial charge in [-0.1, -0.05) is 12.1 Å². The maximum Gasteiger partial charge on any atom is 0.340 e. The number of esters is 2. The van der Waals surface area contributed by atoms with Crippen LogP contribution >= 0.6 is 0 Å². The van der Waals surface area contributed by atoms with Crippen LogP contribution in [-0.4, -0.2) is 37.4 Å². The van der Waals surface area contributed by atoms with Crippen LogP contribution in [0, 0.1) is 5.41 Å². The molecule has 0 aliphatic heterocycles. The normalized spacial score (nSPS) is 12.1. The van der Waals surface area contributed by atoms with Gasteiger partial charge in [-0.05, 0) is 50.6 Å². The minimum atomic E-state index is -1.38. The summed E-state index contributed by atoms with van der Waals surface area (Å²) in [7, 11) is 2.94. The highest BCUT2D eigenvalue weighted by Gasteiger charge is 2.24. The zero-order valence-corrected chi connectivity index (χ0v) is 17.2. The lowest BCUT2D eigenvalue weighted by Crippen LogP contribution is -2.28. The largest absolute Gasteiger partial charge is 0.497 e. The van der Waals surface area contributed by atoms with Gasteiger partial charge in [-0.3, -0.25) is 4.79 Å². The van der Waals surface area contributed by atoms with Crippen molar-refractivity contribution in [2.45, 2.75) is 33.3 Å². The highest BCUT2D eigenvalue weighted by molar-refractivity contribution is 5.78. The van der Waals surface area contributed by atoms with Crippen molar-refractivity contribution < 1.29 is 33.6 Å². The van der Waals surface area contributed by atoms with Gasteiger partial charge in [0, 0.05) is 12.5 Å². The number of aliphatic hydroxyl groups excluding tert-OH is 1. The lowest BCUT2D eigenvalue weighted by Gasteiger charge is -2.16. The fourth-order valence-electron chi connectivity index (χ4n) is 2.30. The molecule has 0 bridgehead atoms. The first kappa shape index (κ1) is 22.2. The van der Waals surface area contributed by atoms with Gasteiger partial charge in [0.2, 0.25) is 0 Å². The lowest BCUT2D eigenvalue weighted by molar-refractivity contribution is -0.144. The number of carbonyl (C=O) groups is 2. The highest BCUT2D eigenvalue weighted by atomic mass is 16.6. The third-order valence-electron chi connectivity index (χ3n) is 4.03. The van der Waals surface area contributed by atoms with Crippen LogP contribution in [0.25, 0.3) is 0 Å². The standard InChI is InChI=1S/C22H26O7/c1-22(2,3)21(25)28-15-8-6-14(7-9-15)12-17(23)20(24)29-19-13-16(26-4)10-11-18(19)27-5/h6-11,13,17,23H,12H2,1-5H3/t17-/m0/s1. The topological polar surface area (TPSA) is 91.3 Å². The molecule has 0 unspecified atom stereocenters. The molecule has 0 fully saturated rings. The van der Waals surface area contributed by atoms with Crippen LogP contribution in [-0.2, 0) is 16.0 Å². The van der Waals surface area contributed by atoms with Gasteiger partial charge in [-0.2, -0.15) is 0 Å². The van der Waals surface area contributed by atoms with E-state index in [4.69, 9.17) is 18.9 Å². The third kappa shape index (κ3) is 6.22. The highest BCUT2D eigenvalue weighted by Crippen LogP contribution is 2.31. The second-order valence-electron chi connectivity index (χ2n) is 7.44. The molecule has 7 heteroatoms. The maximum absolute atomic E-state index is 12.3. The summed E-state index contributed by atoms with van der Waals surface area (Å²) < 4.78 is 20.8. The SMILES string of the molecule is COc1ccc(OC)c(OC(=O)[C@@H](O)Cc2ccc(OC(=O)C(C)(C)C)cc2)c1. The molecule has 0 heterocycles. The van der Waals surface area contributed by atoms with Gasteiger partial charge in [-0.25, -0.2) is 4.79 Å². The fraction of sp³-hybridized carbons (Fsp3) is 0.364. The van der Waals surface area contributed by atoms with Gasteiger partial charge in [0.05, 0.1) is 19.6 Å². The summed E-state index contributed by atoms with van der Waals surface area (Å²) in [5, 5.41) is 10.2. The summed E-state index contributed by atoms with van der Waals surface area (Å²) in [5.74, 6) is 0.216. The van der Waals surface area contributed by atoms with E-state index in [1.165, 1.54) is 20.3 Å². The van der Waals surface area contributed by atoms with Gasteiger partial charge >= 0.3 is 11.9 Å². The van der Waals surface area contributed by atoms with Gasteiger partial charge in [-0.15, -0.1) is 0 Å². The first-order valence-electron chi connectivity index (χ1n) is 9.07. The second-order valence-corrected chi connectivity index (χ2v) is 7.44. The molecule has 0 spiro atoms. The van der Waals surface area contributed by atoms with E-state index in [1.807, 2.05) is 0 Å². The maximum atomic E-state index is 12.3. The number of aliphatic hydroxyl groups is 1. The molecule has 29 heavy (non-hydrogen) atoms. The van der Waals surface area contributed by atoms with Crippen molar-refractivity contribution in [3.8, 4) is 23.0 Å². The molecular weight excluding hydrogens is 376 g/mol. The Morgan fingerprint density at radius 3 is 2.07 bits per heavy atom. The van der Waals surface area contributed by atoms with Gasteiger partial charge in [0.15, 0.2) is 17.6 Å². The summed E-state index contributed by atoms with van der Waals surface area (Å²) in [5.41, 5.74) is 0.0717. The van der Waals surface area contributed by atoms with Crippen molar-refractivity contribution in [1.29, 1.82) is 0 Å². The van der Waals surface area contributed by atoms with Crippen LogP contribution in [0.15, 0.2) is 42.5 Å². The minimum absolute atomic E-state index is 0.0403. The van der Waals surface area contributed by atoms with Crippen molar-refractivity contribution in [2.75, 3.05) is 14.2 Å². The molecule has 156 valence electrons. The van der Waals surface area contributed by atoms with Crippen LogP contribution in [0.4, 0.5) is 0 Å². The van der Waals surface area contributed by atoms with Crippen LogP contribution in [0.5, 0.6) is 23.0 Å². The predicted octanol–water partition coefficient (Wildman–Crippen LogP) is 3.16. The van der Waals surface area contributed by atoms with E-state index in [0.717, 1.165) is 0 Å². The van der Waals surface area contributed by atoms with E-state index in [-0.39, 0.29) is 18.1 Å².